The van der Waals surface area contributed by atoms with Gasteiger partial charge in [0, 0.05) is 42.8 Å². The predicted octanol–water partition coefficient (Wildman–Crippen LogP) is 5.04. The van der Waals surface area contributed by atoms with E-state index in [1.807, 2.05) is 36.4 Å². The molecule has 220 valence electrons. The summed E-state index contributed by atoms with van der Waals surface area (Å²) < 4.78 is 11.1. The number of imide groups is 1. The number of rotatable bonds is 9. The van der Waals surface area contributed by atoms with Gasteiger partial charge in [0.2, 0.25) is 5.95 Å². The summed E-state index contributed by atoms with van der Waals surface area (Å²) in [5.74, 6) is 2.21. The third kappa shape index (κ3) is 6.47. The Balaban J connectivity index is 1.11. The van der Waals surface area contributed by atoms with Crippen molar-refractivity contribution >= 4 is 45.8 Å². The first-order chi connectivity index (χ1) is 21.0. The predicted molar refractivity (Wildman–Crippen MR) is 168 cm³/mol. The van der Waals surface area contributed by atoms with Gasteiger partial charge in [0.25, 0.3) is 11.1 Å². The van der Waals surface area contributed by atoms with Crippen LogP contribution in [0.15, 0.2) is 65.7 Å². The molecule has 2 amide bonds. The number of nitrogens with one attached hydrogen (secondary N) is 2. The molecule has 10 nitrogen and oxygen atoms in total. The van der Waals surface area contributed by atoms with Crippen molar-refractivity contribution in [2.24, 2.45) is 5.92 Å². The largest absolute Gasteiger partial charge is 0.497 e. The van der Waals surface area contributed by atoms with E-state index in [2.05, 4.69) is 37.6 Å². The molecule has 2 aliphatic heterocycles. The van der Waals surface area contributed by atoms with Crippen molar-refractivity contribution in [1.29, 1.82) is 0 Å². The molecule has 0 unspecified atom stereocenters. The molecule has 11 heteroatoms. The molecule has 2 aliphatic rings. The van der Waals surface area contributed by atoms with Crippen molar-refractivity contribution in [3.8, 4) is 22.8 Å². The molecule has 6 rings (SSSR count). The molecule has 2 aromatic carbocycles. The zero-order chi connectivity index (χ0) is 29.8. The number of amides is 2. The SMILES string of the molecule is COc1ccc(-c2nc3ccccc3cc2CNCC2CCN(c3nccc(/C=C4/SC(=O)NC4=O)n3)CC2)c(OC)c1. The summed E-state index contributed by atoms with van der Waals surface area (Å²) in [6.45, 7) is 3.24. The third-order valence-corrected chi connectivity index (χ3v) is 8.51. The van der Waals surface area contributed by atoms with Crippen molar-refractivity contribution in [2.45, 2.75) is 19.4 Å². The average molecular weight is 597 g/mol. The molecule has 0 radical (unpaired) electrons. The van der Waals surface area contributed by atoms with Crippen LogP contribution in [0.5, 0.6) is 11.5 Å². The van der Waals surface area contributed by atoms with Crippen LogP contribution in [0.25, 0.3) is 28.2 Å². The monoisotopic (exact) mass is 596 g/mol. The minimum absolute atomic E-state index is 0.342. The zero-order valence-corrected chi connectivity index (χ0v) is 24.8. The van der Waals surface area contributed by atoms with Crippen LogP contribution in [0.1, 0.15) is 24.1 Å². The second kappa shape index (κ2) is 12.8. The van der Waals surface area contributed by atoms with Gasteiger partial charge in [0.1, 0.15) is 11.5 Å². The van der Waals surface area contributed by atoms with E-state index in [0.717, 1.165) is 83.5 Å². The number of para-hydroxylation sites is 1. The van der Waals surface area contributed by atoms with Crippen molar-refractivity contribution in [1.82, 2.24) is 25.6 Å². The molecule has 2 fully saturated rings. The number of methoxy groups -OCH3 is 2. The molecule has 2 N–H and O–H groups in total. The van der Waals surface area contributed by atoms with Gasteiger partial charge in [-0.25, -0.2) is 15.0 Å². The number of pyridine rings is 1. The number of carbonyl (C=O) groups excluding carboxylic acids is 2. The summed E-state index contributed by atoms with van der Waals surface area (Å²) >= 11 is 0.885. The molecule has 4 aromatic rings. The van der Waals surface area contributed by atoms with Gasteiger partial charge in [0.15, 0.2) is 0 Å². The number of piperidine rings is 1. The maximum atomic E-state index is 11.9. The first-order valence-electron chi connectivity index (χ1n) is 14.2. The Morgan fingerprint density at radius 2 is 1.88 bits per heavy atom. The van der Waals surface area contributed by atoms with E-state index in [1.54, 1.807) is 32.6 Å². The van der Waals surface area contributed by atoms with Crippen molar-refractivity contribution in [3.05, 3.63) is 77.0 Å². The minimum atomic E-state index is -0.391. The number of aromatic nitrogens is 3. The summed E-state index contributed by atoms with van der Waals surface area (Å²) in [4.78, 5) is 40.0. The summed E-state index contributed by atoms with van der Waals surface area (Å²) in [6, 6.07) is 17.9. The molecule has 0 spiro atoms. The van der Waals surface area contributed by atoms with Crippen LogP contribution in [0.2, 0.25) is 0 Å². The van der Waals surface area contributed by atoms with Gasteiger partial charge in [-0.05, 0) is 79.0 Å². The number of nitrogens with zero attached hydrogens (tertiary/aromatic N) is 4. The van der Waals surface area contributed by atoms with Gasteiger partial charge in [-0.3, -0.25) is 14.9 Å². The fraction of sp³-hybridized carbons (Fsp3) is 0.281. The number of thioether (sulfide) groups is 1. The Kier molecular flexibility index (Phi) is 8.52. The molecule has 43 heavy (non-hydrogen) atoms. The Bertz CT molecular complexity index is 1700. The van der Waals surface area contributed by atoms with E-state index in [9.17, 15) is 9.59 Å². The highest BCUT2D eigenvalue weighted by Crippen LogP contribution is 2.35. The Morgan fingerprint density at radius 1 is 1.05 bits per heavy atom. The summed E-state index contributed by atoms with van der Waals surface area (Å²) in [5.41, 5.74) is 4.47. The molecular formula is C32H32N6O4S. The highest BCUT2D eigenvalue weighted by molar-refractivity contribution is 8.18. The van der Waals surface area contributed by atoms with Gasteiger partial charge in [-0.1, -0.05) is 18.2 Å². The van der Waals surface area contributed by atoms with E-state index in [0.29, 0.717) is 29.0 Å². The number of hydrogen-bond donors (Lipinski definition) is 2. The van der Waals surface area contributed by atoms with Gasteiger partial charge in [0.05, 0.1) is 36.0 Å². The standard InChI is InChI=1S/C32H32N6O4S/c1-41-24-7-8-25(27(17-24)42-2)29-22(15-21-5-3-4-6-26(21)36-29)19-33-18-20-10-13-38(14-11-20)31-34-12-9-23(35-31)16-28-30(39)37-32(40)43-28/h3-9,12,15-17,20,33H,10-11,13-14,18-19H2,1-2H3,(H,37,39,40)/b28-16+. The van der Waals surface area contributed by atoms with Crippen LogP contribution in [-0.2, 0) is 11.3 Å². The second-order valence-corrected chi connectivity index (χ2v) is 11.5. The molecule has 0 bridgehead atoms. The molecule has 2 aromatic heterocycles. The topological polar surface area (TPSA) is 119 Å². The third-order valence-electron chi connectivity index (χ3n) is 7.70. The lowest BCUT2D eigenvalue weighted by molar-refractivity contribution is -0.115. The summed E-state index contributed by atoms with van der Waals surface area (Å²) in [7, 11) is 3.31. The number of fused-ring (bicyclic) bond motifs is 1. The number of anilines is 1. The van der Waals surface area contributed by atoms with Crippen LogP contribution in [-0.4, -0.2) is 60.0 Å². The van der Waals surface area contributed by atoms with Crippen LogP contribution < -0.4 is 25.0 Å². The number of carbonyl (C=O) groups is 2. The van der Waals surface area contributed by atoms with Crippen molar-refractivity contribution in [3.63, 3.8) is 0 Å². The Labute approximate surface area is 253 Å². The van der Waals surface area contributed by atoms with Crippen LogP contribution in [0.3, 0.4) is 0 Å². The molecule has 0 atom stereocenters. The lowest BCUT2D eigenvalue weighted by Gasteiger charge is -2.32. The normalized spacial score (nSPS) is 16.6. The van der Waals surface area contributed by atoms with Crippen LogP contribution >= 0.6 is 11.8 Å². The van der Waals surface area contributed by atoms with Crippen molar-refractivity contribution in [2.75, 3.05) is 38.8 Å². The smallest absolute Gasteiger partial charge is 0.290 e. The van der Waals surface area contributed by atoms with Gasteiger partial charge >= 0.3 is 0 Å². The number of hydrogen-bond acceptors (Lipinski definition) is 10. The quantitative estimate of drug-likeness (QED) is 0.255. The van der Waals surface area contributed by atoms with E-state index < -0.39 is 5.91 Å². The fourth-order valence-electron chi connectivity index (χ4n) is 5.42. The maximum Gasteiger partial charge on any atom is 0.290 e. The lowest BCUT2D eigenvalue weighted by Crippen LogP contribution is -2.38. The Morgan fingerprint density at radius 3 is 2.65 bits per heavy atom. The zero-order valence-electron chi connectivity index (χ0n) is 24.0. The first-order valence-corrected chi connectivity index (χ1v) is 15.0. The first kappa shape index (κ1) is 28.6. The molecule has 0 aliphatic carbocycles. The molecule has 2 saturated heterocycles. The Hall–Kier alpha value is -4.48. The highest BCUT2D eigenvalue weighted by atomic mass is 32.2. The summed E-state index contributed by atoms with van der Waals surface area (Å²) in [6.07, 6.45) is 5.33. The molecule has 4 heterocycles. The van der Waals surface area contributed by atoms with E-state index in [1.165, 1.54) is 0 Å². The summed E-state index contributed by atoms with van der Waals surface area (Å²) in [5, 5.41) is 6.69. The maximum absolute atomic E-state index is 11.9. The van der Waals surface area contributed by atoms with E-state index in [-0.39, 0.29) is 5.24 Å². The number of benzene rings is 2. The van der Waals surface area contributed by atoms with E-state index >= 15 is 0 Å². The van der Waals surface area contributed by atoms with Crippen molar-refractivity contribution < 1.29 is 19.1 Å². The fourth-order valence-corrected chi connectivity index (χ4v) is 6.09. The van der Waals surface area contributed by atoms with Gasteiger partial charge < -0.3 is 19.7 Å². The highest BCUT2D eigenvalue weighted by Gasteiger charge is 2.26. The number of ether oxygens (including phenoxy) is 2. The lowest BCUT2D eigenvalue weighted by atomic mass is 9.96. The average Bonchev–Trinajstić information content (AvgIpc) is 3.36. The van der Waals surface area contributed by atoms with Gasteiger partial charge in [-0.15, -0.1) is 0 Å². The van der Waals surface area contributed by atoms with Gasteiger partial charge in [-0.2, -0.15) is 0 Å². The molecular weight excluding hydrogens is 564 g/mol. The van der Waals surface area contributed by atoms with Crippen LogP contribution in [0, 0.1) is 5.92 Å². The second-order valence-electron chi connectivity index (χ2n) is 10.5. The van der Waals surface area contributed by atoms with E-state index in [4.69, 9.17) is 14.5 Å². The molecule has 0 saturated carbocycles. The van der Waals surface area contributed by atoms with Crippen LogP contribution in [0.4, 0.5) is 10.7 Å². The minimum Gasteiger partial charge on any atom is -0.497 e.